The van der Waals surface area contributed by atoms with E-state index in [-0.39, 0.29) is 12.4 Å². The zero-order valence-corrected chi connectivity index (χ0v) is 15.5. The van der Waals surface area contributed by atoms with E-state index in [0.29, 0.717) is 24.0 Å². The summed E-state index contributed by atoms with van der Waals surface area (Å²) in [6.45, 7) is 7.92. The molecule has 0 N–H and O–H groups in total. The molecule has 0 unspecified atom stereocenters. The molecule has 0 saturated carbocycles. The van der Waals surface area contributed by atoms with Crippen molar-refractivity contribution in [2.75, 3.05) is 0 Å². The first-order valence-electron chi connectivity index (χ1n) is 8.60. The van der Waals surface area contributed by atoms with Crippen LogP contribution >= 0.6 is 0 Å². The molecule has 0 aliphatic rings. The van der Waals surface area contributed by atoms with E-state index >= 15 is 0 Å². The fourth-order valence-corrected chi connectivity index (χ4v) is 2.87. The number of aromatic nitrogens is 2. The third kappa shape index (κ3) is 4.17. The van der Waals surface area contributed by atoms with Crippen molar-refractivity contribution in [3.05, 3.63) is 64.5 Å². The number of benzene rings is 2. The number of hydrogen-bond donors (Lipinski definition) is 0. The third-order valence-electron chi connectivity index (χ3n) is 4.13. The molecule has 0 atom stereocenters. The molecular formula is C21H22N2O3. The lowest BCUT2D eigenvalue weighted by molar-refractivity contribution is -0.134. The van der Waals surface area contributed by atoms with E-state index in [0.717, 1.165) is 27.8 Å². The molecule has 0 saturated heterocycles. The highest BCUT2D eigenvalue weighted by atomic mass is 16.5. The zero-order valence-electron chi connectivity index (χ0n) is 15.5. The fourth-order valence-electron chi connectivity index (χ4n) is 2.87. The zero-order chi connectivity index (χ0) is 18.7. The van der Waals surface area contributed by atoms with Crippen molar-refractivity contribution < 1.29 is 13.9 Å². The molecule has 0 aliphatic heterocycles. The van der Waals surface area contributed by atoms with Gasteiger partial charge in [0.05, 0.1) is 6.42 Å². The Balaban J connectivity index is 1.61. The summed E-state index contributed by atoms with van der Waals surface area (Å²) < 4.78 is 11.2. The second-order valence-electron chi connectivity index (χ2n) is 6.57. The average molecular weight is 350 g/mol. The molecule has 26 heavy (non-hydrogen) atoms. The molecule has 134 valence electrons. The van der Waals surface area contributed by atoms with Gasteiger partial charge in [-0.2, -0.15) is 0 Å². The smallest absolute Gasteiger partial charge is 0.311 e. The van der Waals surface area contributed by atoms with Crippen LogP contribution in [-0.2, 0) is 11.2 Å². The van der Waals surface area contributed by atoms with Crippen LogP contribution in [0.25, 0.3) is 11.5 Å². The number of ether oxygens (including phenoxy) is 1. The fraction of sp³-hybridized carbons (Fsp3) is 0.286. The van der Waals surface area contributed by atoms with Crippen molar-refractivity contribution in [1.29, 1.82) is 0 Å². The summed E-state index contributed by atoms with van der Waals surface area (Å²) >= 11 is 0. The molecule has 0 aliphatic carbocycles. The Morgan fingerprint density at radius 2 is 1.62 bits per heavy atom. The highest BCUT2D eigenvalue weighted by Gasteiger charge is 2.14. The Hall–Kier alpha value is -2.95. The second kappa shape index (κ2) is 7.52. The first kappa shape index (κ1) is 17.9. The largest absolute Gasteiger partial charge is 0.426 e. The maximum Gasteiger partial charge on any atom is 0.311 e. The summed E-state index contributed by atoms with van der Waals surface area (Å²) in [4.78, 5) is 12.2. The Morgan fingerprint density at radius 1 is 0.962 bits per heavy atom. The first-order chi connectivity index (χ1) is 12.4. The Morgan fingerprint density at radius 3 is 2.27 bits per heavy atom. The molecule has 0 spiro atoms. The van der Waals surface area contributed by atoms with Gasteiger partial charge in [-0.15, -0.1) is 10.2 Å². The number of carbonyl (C=O) groups is 1. The lowest BCUT2D eigenvalue weighted by atomic mass is 10.1. The normalized spacial score (nSPS) is 10.8. The minimum atomic E-state index is -0.310. The summed E-state index contributed by atoms with van der Waals surface area (Å²) in [7, 11) is 0. The van der Waals surface area contributed by atoms with E-state index in [1.807, 2.05) is 64.1 Å². The average Bonchev–Trinajstić information content (AvgIpc) is 3.06. The van der Waals surface area contributed by atoms with Gasteiger partial charge in [-0.1, -0.05) is 35.4 Å². The van der Waals surface area contributed by atoms with Gasteiger partial charge in [0, 0.05) is 12.0 Å². The van der Waals surface area contributed by atoms with Crippen LogP contribution in [0.4, 0.5) is 0 Å². The van der Waals surface area contributed by atoms with Crippen LogP contribution in [-0.4, -0.2) is 16.2 Å². The number of carbonyl (C=O) groups excluding carboxylic acids is 1. The predicted octanol–water partition coefficient (Wildman–Crippen LogP) is 4.51. The number of hydrogen-bond acceptors (Lipinski definition) is 5. The van der Waals surface area contributed by atoms with E-state index < -0.39 is 0 Å². The Bertz CT molecular complexity index is 904. The molecule has 0 radical (unpaired) electrons. The third-order valence-corrected chi connectivity index (χ3v) is 4.13. The molecule has 2 aromatic carbocycles. The quantitative estimate of drug-likeness (QED) is 0.500. The van der Waals surface area contributed by atoms with Crippen molar-refractivity contribution in [2.45, 2.75) is 40.5 Å². The molecular weight excluding hydrogens is 328 g/mol. The van der Waals surface area contributed by atoms with Crippen molar-refractivity contribution in [1.82, 2.24) is 10.2 Å². The van der Waals surface area contributed by atoms with Crippen LogP contribution in [0.2, 0.25) is 0 Å². The van der Waals surface area contributed by atoms with E-state index in [1.165, 1.54) is 0 Å². The molecule has 0 bridgehead atoms. The molecule has 0 amide bonds. The minimum Gasteiger partial charge on any atom is -0.426 e. The van der Waals surface area contributed by atoms with Gasteiger partial charge in [-0.25, -0.2) is 0 Å². The predicted molar refractivity (Wildman–Crippen MR) is 99.1 cm³/mol. The van der Waals surface area contributed by atoms with E-state index in [2.05, 4.69) is 10.2 Å². The van der Waals surface area contributed by atoms with Crippen LogP contribution in [0.1, 0.15) is 34.6 Å². The molecule has 0 fully saturated rings. The summed E-state index contributed by atoms with van der Waals surface area (Å²) in [6.07, 6.45) is 0.532. The first-order valence-corrected chi connectivity index (χ1v) is 8.60. The van der Waals surface area contributed by atoms with Gasteiger partial charge in [-0.3, -0.25) is 4.79 Å². The standard InChI is InChI=1S/C21H22N2O3/c1-13-5-7-17(8-6-13)21-23-22-18(25-21)9-10-19(24)26-20-15(3)11-14(2)12-16(20)4/h5-8,11-12H,9-10H2,1-4H3. The molecule has 3 rings (SSSR count). The topological polar surface area (TPSA) is 65.2 Å². The Kier molecular flexibility index (Phi) is 5.16. The minimum absolute atomic E-state index is 0.183. The van der Waals surface area contributed by atoms with Gasteiger partial charge in [0.25, 0.3) is 0 Å². The summed E-state index contributed by atoms with van der Waals surface area (Å²) in [5.74, 6) is 1.20. The maximum atomic E-state index is 12.2. The maximum absolute atomic E-state index is 12.2. The van der Waals surface area contributed by atoms with Crippen LogP contribution in [0, 0.1) is 27.7 Å². The van der Waals surface area contributed by atoms with Crippen LogP contribution in [0.15, 0.2) is 40.8 Å². The molecule has 5 heteroatoms. The summed E-state index contributed by atoms with van der Waals surface area (Å²) in [6, 6.07) is 11.8. The number of esters is 1. The van der Waals surface area contributed by atoms with Crippen molar-refractivity contribution in [2.24, 2.45) is 0 Å². The van der Waals surface area contributed by atoms with E-state index in [9.17, 15) is 4.79 Å². The van der Waals surface area contributed by atoms with Gasteiger partial charge in [-0.05, 0) is 51.0 Å². The lowest BCUT2D eigenvalue weighted by Crippen LogP contribution is -2.11. The van der Waals surface area contributed by atoms with Crippen molar-refractivity contribution in [3.63, 3.8) is 0 Å². The molecule has 1 heterocycles. The van der Waals surface area contributed by atoms with E-state index in [4.69, 9.17) is 9.15 Å². The number of aryl methyl sites for hydroxylation is 5. The van der Waals surface area contributed by atoms with Gasteiger partial charge >= 0.3 is 5.97 Å². The lowest BCUT2D eigenvalue weighted by Gasteiger charge is -2.11. The number of nitrogens with zero attached hydrogens (tertiary/aromatic N) is 2. The van der Waals surface area contributed by atoms with Crippen LogP contribution in [0.5, 0.6) is 5.75 Å². The van der Waals surface area contributed by atoms with Gasteiger partial charge in [0.15, 0.2) is 0 Å². The van der Waals surface area contributed by atoms with Crippen molar-refractivity contribution in [3.8, 4) is 17.2 Å². The second-order valence-corrected chi connectivity index (χ2v) is 6.57. The number of rotatable bonds is 5. The SMILES string of the molecule is Cc1ccc(-c2nnc(CCC(=O)Oc3c(C)cc(C)cc3C)o2)cc1. The van der Waals surface area contributed by atoms with Crippen LogP contribution < -0.4 is 4.74 Å². The van der Waals surface area contributed by atoms with Crippen molar-refractivity contribution >= 4 is 5.97 Å². The van der Waals surface area contributed by atoms with Gasteiger partial charge < -0.3 is 9.15 Å². The van der Waals surface area contributed by atoms with Gasteiger partial charge in [0.1, 0.15) is 5.75 Å². The molecule has 5 nitrogen and oxygen atoms in total. The summed E-state index contributed by atoms with van der Waals surface area (Å²) in [5, 5.41) is 8.06. The summed E-state index contributed by atoms with van der Waals surface area (Å²) in [5.41, 5.74) is 5.08. The molecule has 3 aromatic rings. The van der Waals surface area contributed by atoms with Crippen LogP contribution in [0.3, 0.4) is 0 Å². The van der Waals surface area contributed by atoms with Gasteiger partial charge in [0.2, 0.25) is 11.8 Å². The Labute approximate surface area is 153 Å². The van der Waals surface area contributed by atoms with E-state index in [1.54, 1.807) is 0 Å². The highest BCUT2D eigenvalue weighted by Crippen LogP contribution is 2.25. The molecule has 1 aromatic heterocycles. The monoisotopic (exact) mass is 350 g/mol. The highest BCUT2D eigenvalue weighted by molar-refractivity contribution is 5.73.